The summed E-state index contributed by atoms with van der Waals surface area (Å²) >= 11 is 0. The average Bonchev–Trinajstić information content (AvgIpc) is 3.52. The predicted octanol–water partition coefficient (Wildman–Crippen LogP) is 5.39. The van der Waals surface area contributed by atoms with Crippen LogP contribution in [0.2, 0.25) is 0 Å². The first kappa shape index (κ1) is 23.7. The Kier molecular flexibility index (Phi) is 6.26. The van der Waals surface area contributed by atoms with Gasteiger partial charge in [-0.05, 0) is 74.1 Å². The lowest BCUT2D eigenvalue weighted by atomic mass is 10.0. The van der Waals surface area contributed by atoms with Crippen molar-refractivity contribution in [1.82, 2.24) is 20.1 Å². The first-order valence-electron chi connectivity index (χ1n) is 13.0. The number of pyridine rings is 1. The number of nitrogens with one attached hydrogen (secondary N) is 1. The lowest BCUT2D eigenvalue weighted by Gasteiger charge is -2.24. The van der Waals surface area contributed by atoms with Crippen molar-refractivity contribution in [3.8, 4) is 28.8 Å². The molecule has 1 aliphatic heterocycles. The maximum Gasteiger partial charge on any atom is 0.264 e. The monoisotopic (exact) mass is 504 g/mol. The van der Waals surface area contributed by atoms with E-state index >= 15 is 0 Å². The third-order valence-corrected chi connectivity index (χ3v) is 7.19. The zero-order chi connectivity index (χ0) is 26.1. The smallest absolute Gasteiger partial charge is 0.264 e. The fraction of sp³-hybridized carbons (Fsp3) is 0.267. The summed E-state index contributed by atoms with van der Waals surface area (Å²) in [5.74, 6) is 2.09. The number of benzene rings is 2. The minimum atomic E-state index is -0.164. The number of H-pyrrole nitrogens is 1. The van der Waals surface area contributed by atoms with Gasteiger partial charge in [0, 0.05) is 30.3 Å². The van der Waals surface area contributed by atoms with Crippen molar-refractivity contribution in [2.45, 2.75) is 38.1 Å². The first-order valence-corrected chi connectivity index (χ1v) is 13.0. The number of likely N-dealkylation sites (tertiary alicyclic amines) is 1. The molecule has 3 heterocycles. The molecule has 0 radical (unpaired) electrons. The Bertz CT molecular complexity index is 1550. The summed E-state index contributed by atoms with van der Waals surface area (Å²) in [6, 6.07) is 21.4. The van der Waals surface area contributed by atoms with Crippen LogP contribution in [0.4, 0.5) is 5.82 Å². The summed E-state index contributed by atoms with van der Waals surface area (Å²) in [6.07, 6.45) is 6.33. The second kappa shape index (κ2) is 10.0. The van der Waals surface area contributed by atoms with Crippen LogP contribution in [0.5, 0.6) is 11.5 Å². The van der Waals surface area contributed by atoms with Crippen LogP contribution < -0.4 is 10.5 Å². The van der Waals surface area contributed by atoms with Crippen LogP contribution in [0.1, 0.15) is 31.4 Å². The van der Waals surface area contributed by atoms with Crippen LogP contribution in [0.25, 0.3) is 22.2 Å². The Labute approximate surface area is 220 Å². The van der Waals surface area contributed by atoms with Gasteiger partial charge in [0.15, 0.2) is 5.82 Å². The number of fused-ring (bicyclic) bond motifs is 1. The van der Waals surface area contributed by atoms with E-state index in [1.165, 1.54) is 0 Å². The molecule has 6 rings (SSSR count). The Morgan fingerprint density at radius 3 is 2.63 bits per heavy atom. The summed E-state index contributed by atoms with van der Waals surface area (Å²) in [5, 5.41) is 17.6. The standard InChI is InChI=1S/C30H28N6O2/c31-18-21(15-19-8-9-19)30(37)36-14-4-5-23(36)16-22-17-26-27(29(32)35-34-26)28(33-22)20-10-12-25(13-11-20)38-24-6-2-1-3-7-24/h1-3,6-7,10-13,15,17,19,23H,4-5,8-9,14,16H2,(H3,32,34,35)/b21-15+/t23-/m0/s1. The van der Waals surface area contributed by atoms with E-state index in [0.717, 1.165) is 65.0 Å². The number of aromatic amines is 1. The number of aromatic nitrogens is 3. The summed E-state index contributed by atoms with van der Waals surface area (Å²) in [4.78, 5) is 20.0. The molecule has 2 aromatic heterocycles. The lowest BCUT2D eigenvalue weighted by Crippen LogP contribution is -2.37. The maximum atomic E-state index is 13.2. The molecule has 1 saturated carbocycles. The Hall–Kier alpha value is -4.64. The molecular weight excluding hydrogens is 476 g/mol. The van der Waals surface area contributed by atoms with Gasteiger partial charge in [0.1, 0.15) is 23.1 Å². The first-order chi connectivity index (χ1) is 18.6. The van der Waals surface area contributed by atoms with Gasteiger partial charge in [0.05, 0.1) is 16.6 Å². The number of carbonyl (C=O) groups excluding carboxylic acids is 1. The number of nitrogens with two attached hydrogens (primary N) is 1. The molecule has 1 aliphatic carbocycles. The quantitative estimate of drug-likeness (QED) is 0.257. The molecule has 190 valence electrons. The van der Waals surface area contributed by atoms with Crippen molar-refractivity contribution < 1.29 is 9.53 Å². The van der Waals surface area contributed by atoms with Gasteiger partial charge >= 0.3 is 0 Å². The zero-order valence-electron chi connectivity index (χ0n) is 20.9. The van der Waals surface area contributed by atoms with Crippen LogP contribution in [-0.2, 0) is 11.2 Å². The molecule has 3 N–H and O–H groups in total. The summed E-state index contributed by atoms with van der Waals surface area (Å²) < 4.78 is 5.94. The second-order valence-electron chi connectivity index (χ2n) is 9.96. The number of amides is 1. The van der Waals surface area contributed by atoms with Crippen LogP contribution in [0.3, 0.4) is 0 Å². The fourth-order valence-electron chi connectivity index (χ4n) is 5.11. The Morgan fingerprint density at radius 2 is 1.89 bits per heavy atom. The topological polar surface area (TPSA) is 121 Å². The molecule has 2 fully saturated rings. The van der Waals surface area contributed by atoms with E-state index in [-0.39, 0.29) is 17.5 Å². The summed E-state index contributed by atoms with van der Waals surface area (Å²) in [5.41, 5.74) is 9.75. The van der Waals surface area contributed by atoms with Gasteiger partial charge in [-0.2, -0.15) is 10.4 Å². The van der Waals surface area contributed by atoms with Crippen molar-refractivity contribution >= 4 is 22.6 Å². The van der Waals surface area contributed by atoms with Crippen LogP contribution in [0.15, 0.2) is 72.3 Å². The van der Waals surface area contributed by atoms with E-state index in [1.54, 1.807) is 0 Å². The van der Waals surface area contributed by atoms with E-state index in [0.29, 0.717) is 24.7 Å². The van der Waals surface area contributed by atoms with Crippen molar-refractivity contribution in [2.75, 3.05) is 12.3 Å². The number of rotatable bonds is 7. The number of anilines is 1. The highest BCUT2D eigenvalue weighted by Gasteiger charge is 2.32. The molecule has 8 heteroatoms. The molecule has 8 nitrogen and oxygen atoms in total. The van der Waals surface area contributed by atoms with Crippen LogP contribution >= 0.6 is 0 Å². The number of hydrogen-bond acceptors (Lipinski definition) is 6. The van der Waals surface area contributed by atoms with Crippen molar-refractivity contribution in [2.24, 2.45) is 5.92 Å². The second-order valence-corrected chi connectivity index (χ2v) is 9.96. The lowest BCUT2D eigenvalue weighted by molar-refractivity contribution is -0.127. The Balaban J connectivity index is 1.28. The minimum Gasteiger partial charge on any atom is -0.457 e. The van der Waals surface area contributed by atoms with E-state index in [9.17, 15) is 10.1 Å². The molecule has 1 atom stereocenters. The van der Waals surface area contributed by atoms with Gasteiger partial charge in [0.2, 0.25) is 0 Å². The summed E-state index contributed by atoms with van der Waals surface area (Å²) in [6.45, 7) is 0.655. The largest absolute Gasteiger partial charge is 0.457 e. The van der Waals surface area contributed by atoms with Gasteiger partial charge in [-0.1, -0.05) is 24.3 Å². The predicted molar refractivity (Wildman–Crippen MR) is 145 cm³/mol. The molecule has 1 amide bonds. The van der Waals surface area contributed by atoms with Crippen LogP contribution in [-0.4, -0.2) is 38.6 Å². The highest BCUT2D eigenvalue weighted by Crippen LogP contribution is 2.34. The maximum absolute atomic E-state index is 13.2. The third-order valence-electron chi connectivity index (χ3n) is 7.19. The number of allylic oxidation sites excluding steroid dienone is 1. The van der Waals surface area contributed by atoms with Crippen molar-refractivity contribution in [3.05, 3.63) is 78.0 Å². The van der Waals surface area contributed by atoms with E-state index < -0.39 is 0 Å². The van der Waals surface area contributed by atoms with Crippen molar-refractivity contribution in [3.63, 3.8) is 0 Å². The highest BCUT2D eigenvalue weighted by atomic mass is 16.5. The normalized spacial score (nSPS) is 17.5. The van der Waals surface area contributed by atoms with Crippen molar-refractivity contribution in [1.29, 1.82) is 5.26 Å². The zero-order valence-corrected chi connectivity index (χ0v) is 20.9. The summed E-state index contributed by atoms with van der Waals surface area (Å²) in [7, 11) is 0. The van der Waals surface area contributed by atoms with Crippen LogP contribution in [0, 0.1) is 17.2 Å². The molecule has 1 saturated heterocycles. The molecule has 38 heavy (non-hydrogen) atoms. The number of para-hydroxylation sites is 1. The molecule has 0 unspecified atom stereocenters. The molecule has 2 aliphatic rings. The van der Waals surface area contributed by atoms with Gasteiger partial charge in [-0.25, -0.2) is 0 Å². The van der Waals surface area contributed by atoms with Gasteiger partial charge in [-0.3, -0.25) is 14.9 Å². The van der Waals surface area contributed by atoms with Gasteiger partial charge in [-0.15, -0.1) is 0 Å². The minimum absolute atomic E-state index is 0.0156. The third kappa shape index (κ3) is 4.83. The van der Waals surface area contributed by atoms with E-state index in [2.05, 4.69) is 16.3 Å². The number of carbonyl (C=O) groups is 1. The number of nitriles is 1. The number of hydrogen-bond donors (Lipinski definition) is 2. The molecule has 4 aromatic rings. The molecule has 0 spiro atoms. The van der Waals surface area contributed by atoms with Gasteiger partial charge < -0.3 is 15.4 Å². The molecule has 0 bridgehead atoms. The SMILES string of the molecule is N#C/C(=C\C1CC1)C(=O)N1CCC[C@H]1Cc1cc2[nH]nc(N)c2c(-c2ccc(Oc3ccccc3)cc2)n1. The Morgan fingerprint density at radius 1 is 1.13 bits per heavy atom. The number of nitrogen functional groups attached to an aromatic ring is 1. The van der Waals surface area contributed by atoms with E-state index in [4.69, 9.17) is 15.5 Å². The number of ether oxygens (including phenoxy) is 1. The average molecular weight is 505 g/mol. The molecule has 2 aromatic carbocycles. The van der Waals surface area contributed by atoms with E-state index in [1.807, 2.05) is 71.6 Å². The van der Waals surface area contributed by atoms with Gasteiger partial charge in [0.25, 0.3) is 5.91 Å². The molecular formula is C30H28N6O2. The fourth-order valence-corrected chi connectivity index (χ4v) is 5.11. The highest BCUT2D eigenvalue weighted by molar-refractivity contribution is 6.00. The number of nitrogens with zero attached hydrogens (tertiary/aromatic N) is 4.